The second-order valence-corrected chi connectivity index (χ2v) is 9.94. The highest BCUT2D eigenvalue weighted by Crippen LogP contribution is 2.26. The highest BCUT2D eigenvalue weighted by Gasteiger charge is 2.34. The fraction of sp³-hybridized carbons (Fsp3) is 0.650. The number of aryl methyl sites for hydroxylation is 2. The van der Waals surface area contributed by atoms with Crippen LogP contribution < -0.4 is 10.6 Å². The van der Waals surface area contributed by atoms with Gasteiger partial charge in [-0.15, -0.1) is 12.4 Å². The molecule has 0 aromatic heterocycles. The maximum absolute atomic E-state index is 13.0. The molecule has 0 bridgehead atoms. The quantitative estimate of drug-likeness (QED) is 0.769. The Balaban J connectivity index is 0.00000280. The molecule has 8 heteroatoms. The van der Waals surface area contributed by atoms with Gasteiger partial charge < -0.3 is 10.6 Å². The van der Waals surface area contributed by atoms with E-state index in [1.807, 2.05) is 26.0 Å². The van der Waals surface area contributed by atoms with Crippen molar-refractivity contribution in [1.82, 2.24) is 14.9 Å². The maximum Gasteiger partial charge on any atom is 0.243 e. The third kappa shape index (κ3) is 5.06. The first-order chi connectivity index (χ1) is 12.8. The van der Waals surface area contributed by atoms with E-state index in [1.54, 1.807) is 6.07 Å². The van der Waals surface area contributed by atoms with E-state index < -0.39 is 10.0 Å². The number of hydrogen-bond donors (Lipinski definition) is 2. The Morgan fingerprint density at radius 3 is 2.46 bits per heavy atom. The van der Waals surface area contributed by atoms with Crippen LogP contribution in [0.15, 0.2) is 23.1 Å². The van der Waals surface area contributed by atoms with Gasteiger partial charge in [0.05, 0.1) is 4.90 Å². The van der Waals surface area contributed by atoms with E-state index in [2.05, 4.69) is 17.6 Å². The molecule has 1 amide bonds. The van der Waals surface area contributed by atoms with Gasteiger partial charge >= 0.3 is 0 Å². The molecule has 2 saturated heterocycles. The second kappa shape index (κ2) is 9.57. The van der Waals surface area contributed by atoms with Crippen LogP contribution in [0.25, 0.3) is 0 Å². The van der Waals surface area contributed by atoms with E-state index in [0.717, 1.165) is 30.6 Å². The summed E-state index contributed by atoms with van der Waals surface area (Å²) in [6.07, 6.45) is 2.21. The van der Waals surface area contributed by atoms with Crippen molar-refractivity contribution in [1.29, 1.82) is 0 Å². The number of nitrogens with zero attached hydrogens (tertiary/aromatic N) is 1. The summed E-state index contributed by atoms with van der Waals surface area (Å²) < 4.78 is 27.5. The van der Waals surface area contributed by atoms with Crippen molar-refractivity contribution in [2.75, 3.05) is 26.2 Å². The number of carbonyl (C=O) groups is 1. The fourth-order valence-corrected chi connectivity index (χ4v) is 5.75. The Morgan fingerprint density at radius 2 is 1.86 bits per heavy atom. The van der Waals surface area contributed by atoms with E-state index >= 15 is 0 Å². The van der Waals surface area contributed by atoms with Crippen LogP contribution in [0, 0.1) is 25.7 Å². The molecule has 2 unspecified atom stereocenters. The van der Waals surface area contributed by atoms with E-state index in [1.165, 1.54) is 4.31 Å². The van der Waals surface area contributed by atoms with E-state index in [4.69, 9.17) is 0 Å². The highest BCUT2D eigenvalue weighted by molar-refractivity contribution is 7.89. The molecule has 2 aliphatic heterocycles. The monoisotopic (exact) mass is 429 g/mol. The predicted molar refractivity (Wildman–Crippen MR) is 113 cm³/mol. The normalized spacial score (nSPS) is 24.4. The number of sulfonamides is 1. The van der Waals surface area contributed by atoms with Crippen LogP contribution in [0.4, 0.5) is 0 Å². The van der Waals surface area contributed by atoms with Crippen molar-refractivity contribution in [3.05, 3.63) is 29.3 Å². The van der Waals surface area contributed by atoms with Crippen LogP contribution in [0.5, 0.6) is 0 Å². The van der Waals surface area contributed by atoms with Crippen LogP contribution in [0.2, 0.25) is 0 Å². The molecule has 158 valence electrons. The van der Waals surface area contributed by atoms with Crippen LogP contribution >= 0.6 is 12.4 Å². The smallest absolute Gasteiger partial charge is 0.243 e. The summed E-state index contributed by atoms with van der Waals surface area (Å²) >= 11 is 0. The lowest BCUT2D eigenvalue weighted by molar-refractivity contribution is -0.127. The Labute approximate surface area is 174 Å². The third-order valence-corrected chi connectivity index (χ3v) is 7.99. The Hall–Kier alpha value is -1.15. The minimum Gasteiger partial charge on any atom is -0.352 e. The summed E-state index contributed by atoms with van der Waals surface area (Å²) in [5.41, 5.74) is 1.82. The average molecular weight is 430 g/mol. The summed E-state index contributed by atoms with van der Waals surface area (Å²) in [7, 11) is -3.50. The molecule has 0 aliphatic carbocycles. The summed E-state index contributed by atoms with van der Waals surface area (Å²) in [5, 5.41) is 6.50. The number of nitrogens with one attached hydrogen (secondary N) is 2. The number of hydrogen-bond acceptors (Lipinski definition) is 4. The zero-order valence-corrected chi connectivity index (χ0v) is 18.5. The Morgan fingerprint density at radius 1 is 1.18 bits per heavy atom. The van der Waals surface area contributed by atoms with Gasteiger partial charge in [0.25, 0.3) is 0 Å². The van der Waals surface area contributed by atoms with Crippen LogP contribution in [0.1, 0.15) is 37.3 Å². The molecule has 2 heterocycles. The van der Waals surface area contributed by atoms with Crippen molar-refractivity contribution in [2.24, 2.45) is 11.8 Å². The van der Waals surface area contributed by atoms with Crippen LogP contribution in [-0.2, 0) is 14.8 Å². The SMILES string of the molecule is Cc1ccc(S(=O)(=O)N2CCC(C(=O)NC3CNCCC3C)CC2)c(C)c1.Cl. The van der Waals surface area contributed by atoms with Crippen LogP contribution in [-0.4, -0.2) is 50.9 Å². The third-order valence-electron chi connectivity index (χ3n) is 5.93. The lowest BCUT2D eigenvalue weighted by Gasteiger charge is -2.34. The topological polar surface area (TPSA) is 78.5 Å². The molecule has 2 aliphatic rings. The number of rotatable bonds is 4. The molecule has 28 heavy (non-hydrogen) atoms. The number of carbonyl (C=O) groups excluding carboxylic acids is 1. The fourth-order valence-electron chi connectivity index (χ4n) is 4.07. The molecule has 3 rings (SSSR count). The van der Waals surface area contributed by atoms with Crippen molar-refractivity contribution >= 4 is 28.3 Å². The number of halogens is 1. The molecule has 0 spiro atoms. The number of amides is 1. The first kappa shape index (κ1) is 23.1. The highest BCUT2D eigenvalue weighted by atomic mass is 35.5. The van der Waals surface area contributed by atoms with Gasteiger partial charge in [-0.25, -0.2) is 8.42 Å². The van der Waals surface area contributed by atoms with Gasteiger partial charge in [-0.2, -0.15) is 4.31 Å². The molecule has 2 atom stereocenters. The Bertz CT molecular complexity index is 792. The van der Waals surface area contributed by atoms with Gasteiger partial charge in [-0.3, -0.25) is 4.79 Å². The second-order valence-electron chi connectivity index (χ2n) is 8.03. The molecular weight excluding hydrogens is 398 g/mol. The van der Waals surface area contributed by atoms with E-state index in [-0.39, 0.29) is 30.3 Å². The van der Waals surface area contributed by atoms with Gasteiger partial charge in [-0.1, -0.05) is 24.6 Å². The standard InChI is InChI=1S/C20H31N3O3S.ClH/c1-14-4-5-19(16(3)12-14)27(25,26)23-10-7-17(8-11-23)20(24)22-18-13-21-9-6-15(18)2;/h4-5,12,15,17-18,21H,6-11,13H2,1-3H3,(H,22,24);1H. The van der Waals surface area contributed by atoms with Gasteiger partial charge in [0.2, 0.25) is 15.9 Å². The first-order valence-corrected chi connectivity index (χ1v) is 11.3. The molecule has 1 aromatic carbocycles. The molecule has 1 aromatic rings. The molecule has 6 nitrogen and oxygen atoms in total. The number of benzene rings is 1. The largest absolute Gasteiger partial charge is 0.352 e. The zero-order chi connectivity index (χ0) is 19.6. The Kier molecular flexibility index (Phi) is 7.90. The predicted octanol–water partition coefficient (Wildman–Crippen LogP) is 2.24. The van der Waals surface area contributed by atoms with Crippen molar-refractivity contribution in [3.63, 3.8) is 0 Å². The van der Waals surface area contributed by atoms with E-state index in [9.17, 15) is 13.2 Å². The summed E-state index contributed by atoms with van der Waals surface area (Å²) in [5.74, 6) is 0.434. The van der Waals surface area contributed by atoms with Gasteiger partial charge in [0.15, 0.2) is 0 Å². The van der Waals surface area contributed by atoms with E-state index in [0.29, 0.717) is 36.7 Å². The lowest BCUT2D eigenvalue weighted by Crippen LogP contribution is -2.52. The number of piperidine rings is 2. The van der Waals surface area contributed by atoms with Crippen molar-refractivity contribution in [3.8, 4) is 0 Å². The summed E-state index contributed by atoms with van der Waals surface area (Å²) in [6, 6.07) is 5.59. The van der Waals surface area contributed by atoms with Crippen molar-refractivity contribution < 1.29 is 13.2 Å². The minimum absolute atomic E-state index is 0. The minimum atomic E-state index is -3.50. The molecule has 0 radical (unpaired) electrons. The molecule has 2 fully saturated rings. The molecule has 2 N–H and O–H groups in total. The zero-order valence-electron chi connectivity index (χ0n) is 16.9. The van der Waals surface area contributed by atoms with Gasteiger partial charge in [0.1, 0.15) is 0 Å². The first-order valence-electron chi connectivity index (χ1n) is 9.87. The summed E-state index contributed by atoms with van der Waals surface area (Å²) in [4.78, 5) is 13.0. The van der Waals surface area contributed by atoms with Gasteiger partial charge in [0, 0.05) is 31.6 Å². The molecular formula is C20H32ClN3O3S. The van der Waals surface area contributed by atoms with Gasteiger partial charge in [-0.05, 0) is 57.2 Å². The van der Waals surface area contributed by atoms with Crippen molar-refractivity contribution in [2.45, 2.75) is 51.0 Å². The average Bonchev–Trinajstić information content (AvgIpc) is 2.63. The lowest BCUT2D eigenvalue weighted by atomic mass is 9.92. The summed E-state index contributed by atoms with van der Waals surface area (Å²) in [6.45, 7) is 8.56. The van der Waals surface area contributed by atoms with Crippen LogP contribution in [0.3, 0.4) is 0 Å². The molecule has 0 saturated carbocycles. The maximum atomic E-state index is 13.0.